The molecule has 0 bridgehead atoms. The van der Waals surface area contributed by atoms with Crippen LogP contribution in [0.15, 0.2) is 36.4 Å². The van der Waals surface area contributed by atoms with E-state index < -0.39 is 5.97 Å². The minimum atomic E-state index is -0.404. The molecule has 0 unspecified atom stereocenters. The Hall–Kier alpha value is -2.56. The SMILES string of the molecule is COc1ccc2cc(CC(=O)OCC(=O)N(C(C)C)C(C)C)ccc2c1. The van der Waals surface area contributed by atoms with Gasteiger partial charge in [-0.25, -0.2) is 0 Å². The summed E-state index contributed by atoms with van der Waals surface area (Å²) in [5.74, 6) is 0.218. The third-order valence-electron chi connectivity index (χ3n) is 4.22. The highest BCUT2D eigenvalue weighted by Crippen LogP contribution is 2.22. The van der Waals surface area contributed by atoms with Gasteiger partial charge in [0, 0.05) is 12.1 Å². The van der Waals surface area contributed by atoms with Crippen LogP contribution in [0.25, 0.3) is 10.8 Å². The van der Waals surface area contributed by atoms with Gasteiger partial charge < -0.3 is 14.4 Å². The highest BCUT2D eigenvalue weighted by atomic mass is 16.5. The van der Waals surface area contributed by atoms with Crippen molar-refractivity contribution in [2.24, 2.45) is 0 Å². The predicted octanol–water partition coefficient (Wildman–Crippen LogP) is 3.58. The molecule has 5 nitrogen and oxygen atoms in total. The largest absolute Gasteiger partial charge is 0.497 e. The lowest BCUT2D eigenvalue weighted by molar-refractivity contribution is -0.153. The van der Waals surface area contributed by atoms with E-state index in [9.17, 15) is 9.59 Å². The molecular weight excluding hydrogens is 330 g/mol. The van der Waals surface area contributed by atoms with E-state index in [2.05, 4.69) is 0 Å². The standard InChI is InChI=1S/C21H27NO4/c1-14(2)22(15(3)4)20(23)13-26-21(24)11-16-6-7-18-12-19(25-5)9-8-17(18)10-16/h6-10,12,14-15H,11,13H2,1-5H3. The molecule has 0 aliphatic rings. The molecular formula is C21H27NO4. The van der Waals surface area contributed by atoms with E-state index >= 15 is 0 Å². The summed E-state index contributed by atoms with van der Waals surface area (Å²) in [6.45, 7) is 7.57. The molecule has 2 aromatic carbocycles. The van der Waals surface area contributed by atoms with Crippen LogP contribution in [0.4, 0.5) is 0 Å². The Balaban J connectivity index is 1.97. The number of carbonyl (C=O) groups is 2. The average molecular weight is 357 g/mol. The number of methoxy groups -OCH3 is 1. The summed E-state index contributed by atoms with van der Waals surface area (Å²) in [7, 11) is 1.63. The summed E-state index contributed by atoms with van der Waals surface area (Å²) < 4.78 is 10.4. The van der Waals surface area contributed by atoms with Crippen molar-refractivity contribution >= 4 is 22.6 Å². The maximum absolute atomic E-state index is 12.3. The van der Waals surface area contributed by atoms with E-state index in [-0.39, 0.29) is 31.0 Å². The fraction of sp³-hybridized carbons (Fsp3) is 0.429. The minimum absolute atomic E-state index is 0.0682. The van der Waals surface area contributed by atoms with Gasteiger partial charge in [0.1, 0.15) is 5.75 Å². The van der Waals surface area contributed by atoms with Crippen LogP contribution in [-0.4, -0.2) is 42.6 Å². The summed E-state index contributed by atoms with van der Waals surface area (Å²) in [6, 6.07) is 11.7. The molecule has 0 radical (unpaired) electrons. The summed E-state index contributed by atoms with van der Waals surface area (Å²) >= 11 is 0. The first kappa shape index (κ1) is 19.8. The number of benzene rings is 2. The Labute approximate surface area is 154 Å². The van der Waals surface area contributed by atoms with Crippen LogP contribution in [0.5, 0.6) is 5.75 Å². The predicted molar refractivity (Wildman–Crippen MR) is 102 cm³/mol. The van der Waals surface area contributed by atoms with Gasteiger partial charge in [-0.2, -0.15) is 0 Å². The first-order valence-electron chi connectivity index (χ1n) is 8.85. The van der Waals surface area contributed by atoms with Crippen molar-refractivity contribution < 1.29 is 19.1 Å². The molecule has 0 aliphatic carbocycles. The number of nitrogens with zero attached hydrogens (tertiary/aromatic N) is 1. The fourth-order valence-corrected chi connectivity index (χ4v) is 3.12. The van der Waals surface area contributed by atoms with Gasteiger partial charge in [0.05, 0.1) is 13.5 Å². The maximum Gasteiger partial charge on any atom is 0.310 e. The van der Waals surface area contributed by atoms with Gasteiger partial charge in [-0.1, -0.05) is 24.3 Å². The van der Waals surface area contributed by atoms with Gasteiger partial charge in [0.2, 0.25) is 0 Å². The zero-order valence-corrected chi connectivity index (χ0v) is 16.1. The highest BCUT2D eigenvalue weighted by Gasteiger charge is 2.21. The molecule has 0 spiro atoms. The van der Waals surface area contributed by atoms with Gasteiger partial charge in [-0.3, -0.25) is 9.59 Å². The summed E-state index contributed by atoms with van der Waals surface area (Å²) in [6.07, 6.45) is 0.138. The van der Waals surface area contributed by atoms with Crippen molar-refractivity contribution in [1.82, 2.24) is 4.90 Å². The van der Waals surface area contributed by atoms with Gasteiger partial charge in [0.25, 0.3) is 5.91 Å². The third-order valence-corrected chi connectivity index (χ3v) is 4.22. The zero-order valence-electron chi connectivity index (χ0n) is 16.1. The number of ether oxygens (including phenoxy) is 2. The van der Waals surface area contributed by atoms with Gasteiger partial charge in [0.15, 0.2) is 6.61 Å². The van der Waals surface area contributed by atoms with E-state index in [1.165, 1.54) is 0 Å². The number of fused-ring (bicyclic) bond motifs is 1. The van der Waals surface area contributed by atoms with Crippen LogP contribution in [0.3, 0.4) is 0 Å². The van der Waals surface area contributed by atoms with Crippen LogP contribution in [-0.2, 0) is 20.7 Å². The molecule has 0 atom stereocenters. The molecule has 0 aliphatic heterocycles. The molecule has 1 amide bonds. The normalized spacial score (nSPS) is 11.0. The molecule has 140 valence electrons. The van der Waals surface area contributed by atoms with Crippen molar-refractivity contribution in [2.75, 3.05) is 13.7 Å². The van der Waals surface area contributed by atoms with Gasteiger partial charge in [-0.05, 0) is 56.2 Å². The number of hydrogen-bond donors (Lipinski definition) is 0. The molecule has 0 saturated heterocycles. The fourth-order valence-electron chi connectivity index (χ4n) is 3.12. The summed E-state index contributed by atoms with van der Waals surface area (Å²) in [5.41, 5.74) is 0.852. The van der Waals surface area contributed by atoms with Crippen LogP contribution < -0.4 is 4.74 Å². The van der Waals surface area contributed by atoms with Crippen LogP contribution in [0, 0.1) is 0 Å². The van der Waals surface area contributed by atoms with E-state index in [1.54, 1.807) is 12.0 Å². The van der Waals surface area contributed by atoms with Crippen molar-refractivity contribution in [1.29, 1.82) is 0 Å². The van der Waals surface area contributed by atoms with Gasteiger partial charge in [-0.15, -0.1) is 0 Å². The number of esters is 1. The second-order valence-corrected chi connectivity index (χ2v) is 6.87. The molecule has 0 saturated carbocycles. The molecule has 0 N–H and O–H groups in total. The van der Waals surface area contributed by atoms with Crippen LogP contribution >= 0.6 is 0 Å². The lowest BCUT2D eigenvalue weighted by Gasteiger charge is -2.30. The molecule has 0 fully saturated rings. The van der Waals surface area contributed by atoms with E-state index in [0.717, 1.165) is 22.1 Å². The molecule has 2 aromatic rings. The molecule has 0 heterocycles. The monoisotopic (exact) mass is 357 g/mol. The van der Waals surface area contributed by atoms with Crippen molar-refractivity contribution in [3.63, 3.8) is 0 Å². The lowest BCUT2D eigenvalue weighted by atomic mass is 10.0. The van der Waals surface area contributed by atoms with Crippen LogP contribution in [0.1, 0.15) is 33.3 Å². The number of amides is 1. The number of hydrogen-bond acceptors (Lipinski definition) is 4. The molecule has 0 aromatic heterocycles. The van der Waals surface area contributed by atoms with Crippen molar-refractivity contribution in [2.45, 2.75) is 46.2 Å². The highest BCUT2D eigenvalue weighted by molar-refractivity contribution is 5.86. The Morgan fingerprint density at radius 2 is 1.58 bits per heavy atom. The number of carbonyl (C=O) groups excluding carboxylic acids is 2. The first-order valence-corrected chi connectivity index (χ1v) is 8.85. The molecule has 2 rings (SSSR count). The van der Waals surface area contributed by atoms with E-state index in [0.29, 0.717) is 0 Å². The minimum Gasteiger partial charge on any atom is -0.497 e. The third kappa shape index (κ3) is 4.97. The Morgan fingerprint density at radius 3 is 2.19 bits per heavy atom. The summed E-state index contributed by atoms with van der Waals surface area (Å²) in [5, 5.41) is 2.07. The lowest BCUT2D eigenvalue weighted by Crippen LogP contribution is -2.44. The van der Waals surface area contributed by atoms with Gasteiger partial charge >= 0.3 is 5.97 Å². The smallest absolute Gasteiger partial charge is 0.310 e. The maximum atomic E-state index is 12.3. The van der Waals surface area contributed by atoms with E-state index in [4.69, 9.17) is 9.47 Å². The van der Waals surface area contributed by atoms with E-state index in [1.807, 2.05) is 64.1 Å². The Kier molecular flexibility index (Phi) is 6.61. The van der Waals surface area contributed by atoms with Crippen molar-refractivity contribution in [3.05, 3.63) is 42.0 Å². The quantitative estimate of drug-likeness (QED) is 0.711. The average Bonchev–Trinajstić information content (AvgIpc) is 2.58. The Bertz CT molecular complexity index is 775. The zero-order chi connectivity index (χ0) is 19.3. The topological polar surface area (TPSA) is 55.8 Å². The molecule has 5 heteroatoms. The Morgan fingerprint density at radius 1 is 0.962 bits per heavy atom. The number of rotatable bonds is 7. The summed E-state index contributed by atoms with van der Waals surface area (Å²) in [4.78, 5) is 26.1. The van der Waals surface area contributed by atoms with Crippen molar-refractivity contribution in [3.8, 4) is 5.75 Å². The second-order valence-electron chi connectivity index (χ2n) is 6.87. The second kappa shape index (κ2) is 8.70. The van der Waals surface area contributed by atoms with Crippen LogP contribution in [0.2, 0.25) is 0 Å². The first-order chi connectivity index (χ1) is 12.3. The molecule has 26 heavy (non-hydrogen) atoms.